The van der Waals surface area contributed by atoms with Crippen LogP contribution in [0.4, 0.5) is 0 Å². The lowest BCUT2D eigenvalue weighted by molar-refractivity contribution is 0.0612. The first-order valence-corrected chi connectivity index (χ1v) is 9.48. The number of nitrogens with one attached hydrogen (secondary N) is 1. The van der Waals surface area contributed by atoms with E-state index in [2.05, 4.69) is 47.6 Å². The van der Waals surface area contributed by atoms with Crippen LogP contribution in [-0.2, 0) is 4.74 Å². The van der Waals surface area contributed by atoms with E-state index in [0.717, 1.165) is 45.4 Å². The number of benzene rings is 1. The standard InChI is InChI=1S/C20H33N3O/c1-2-3-4-8-13-22-20(21)23-19(18-9-6-5-7-10-18)16-17-11-14-24-15-12-17/h5-7,9-10,17,19H,2-4,8,11-16H2,1H3,(H3,21,22,23). The predicted molar refractivity (Wildman–Crippen MR) is 101 cm³/mol. The van der Waals surface area contributed by atoms with Gasteiger partial charge in [0.15, 0.2) is 5.96 Å². The summed E-state index contributed by atoms with van der Waals surface area (Å²) in [7, 11) is 0. The van der Waals surface area contributed by atoms with E-state index in [-0.39, 0.29) is 6.04 Å². The van der Waals surface area contributed by atoms with Crippen LogP contribution in [0.15, 0.2) is 35.3 Å². The van der Waals surface area contributed by atoms with E-state index >= 15 is 0 Å². The topological polar surface area (TPSA) is 59.6 Å². The van der Waals surface area contributed by atoms with E-state index < -0.39 is 0 Å². The molecule has 1 fully saturated rings. The number of aliphatic imine (C=N–C) groups is 1. The Morgan fingerprint density at radius 1 is 1.21 bits per heavy atom. The van der Waals surface area contributed by atoms with Gasteiger partial charge in [-0.3, -0.25) is 4.99 Å². The molecule has 2 rings (SSSR count). The zero-order chi connectivity index (χ0) is 17.0. The van der Waals surface area contributed by atoms with Crippen LogP contribution >= 0.6 is 0 Å². The molecule has 24 heavy (non-hydrogen) atoms. The summed E-state index contributed by atoms with van der Waals surface area (Å²) in [6.07, 6.45) is 8.24. The number of rotatable bonds is 9. The summed E-state index contributed by atoms with van der Waals surface area (Å²) in [6.45, 7) is 4.80. The molecule has 3 N–H and O–H groups in total. The van der Waals surface area contributed by atoms with Crippen molar-refractivity contribution in [2.45, 2.75) is 57.9 Å². The Bertz CT molecular complexity index is 469. The third-order valence-corrected chi connectivity index (χ3v) is 4.73. The molecule has 0 radical (unpaired) electrons. The highest BCUT2D eigenvalue weighted by Gasteiger charge is 2.20. The predicted octanol–water partition coefficient (Wildman–Crippen LogP) is 4.03. The van der Waals surface area contributed by atoms with Crippen molar-refractivity contribution in [1.82, 2.24) is 5.32 Å². The summed E-state index contributed by atoms with van der Waals surface area (Å²) in [6, 6.07) is 10.8. The average molecular weight is 332 g/mol. The highest BCUT2D eigenvalue weighted by atomic mass is 16.5. The van der Waals surface area contributed by atoms with Gasteiger partial charge in [-0.1, -0.05) is 56.5 Å². The normalized spacial score (nSPS) is 17.6. The number of ether oxygens (including phenoxy) is 1. The largest absolute Gasteiger partial charge is 0.381 e. The molecule has 1 aromatic carbocycles. The smallest absolute Gasteiger partial charge is 0.189 e. The Labute approximate surface area is 146 Å². The van der Waals surface area contributed by atoms with E-state index in [1.807, 2.05) is 0 Å². The second-order valence-corrected chi connectivity index (χ2v) is 6.73. The minimum Gasteiger partial charge on any atom is -0.381 e. The molecule has 0 spiro atoms. The van der Waals surface area contributed by atoms with Crippen molar-refractivity contribution in [2.75, 3.05) is 19.8 Å². The van der Waals surface area contributed by atoms with Crippen LogP contribution in [0.2, 0.25) is 0 Å². The van der Waals surface area contributed by atoms with Crippen molar-refractivity contribution in [1.29, 1.82) is 0 Å². The molecule has 1 aromatic rings. The van der Waals surface area contributed by atoms with Crippen molar-refractivity contribution < 1.29 is 4.74 Å². The van der Waals surface area contributed by atoms with Crippen molar-refractivity contribution in [2.24, 2.45) is 16.6 Å². The Kier molecular flexibility index (Phi) is 8.67. The Hall–Kier alpha value is -1.55. The fourth-order valence-corrected chi connectivity index (χ4v) is 3.24. The van der Waals surface area contributed by atoms with Gasteiger partial charge in [-0.15, -0.1) is 0 Å². The molecule has 1 heterocycles. The molecule has 0 saturated carbocycles. The molecule has 1 aliphatic heterocycles. The first kappa shape index (κ1) is 18.8. The number of unbranched alkanes of at least 4 members (excludes halogenated alkanes) is 3. The highest BCUT2D eigenvalue weighted by Crippen LogP contribution is 2.27. The molecule has 0 aliphatic carbocycles. The lowest BCUT2D eigenvalue weighted by Gasteiger charge is -2.28. The molecular weight excluding hydrogens is 298 g/mol. The monoisotopic (exact) mass is 331 g/mol. The van der Waals surface area contributed by atoms with Gasteiger partial charge >= 0.3 is 0 Å². The summed E-state index contributed by atoms with van der Waals surface area (Å²) < 4.78 is 5.48. The molecule has 4 heteroatoms. The molecule has 4 nitrogen and oxygen atoms in total. The van der Waals surface area contributed by atoms with Crippen molar-refractivity contribution >= 4 is 5.96 Å². The Balaban J connectivity index is 1.91. The second-order valence-electron chi connectivity index (χ2n) is 6.73. The first-order valence-electron chi connectivity index (χ1n) is 9.48. The molecule has 134 valence electrons. The third kappa shape index (κ3) is 6.91. The zero-order valence-corrected chi connectivity index (χ0v) is 15.0. The number of hydrogen-bond donors (Lipinski definition) is 2. The van der Waals surface area contributed by atoms with Gasteiger partial charge in [0.05, 0.1) is 6.04 Å². The van der Waals surface area contributed by atoms with E-state index in [9.17, 15) is 0 Å². The minimum atomic E-state index is 0.230. The number of nitrogens with zero attached hydrogens (tertiary/aromatic N) is 1. The quantitative estimate of drug-likeness (QED) is 0.408. The molecule has 0 aromatic heterocycles. The molecule has 1 unspecified atom stereocenters. The molecule has 1 aliphatic rings. The molecule has 1 saturated heterocycles. The van der Waals surface area contributed by atoms with Gasteiger partial charge in [0.1, 0.15) is 0 Å². The van der Waals surface area contributed by atoms with E-state index in [4.69, 9.17) is 10.5 Å². The van der Waals surface area contributed by atoms with Gasteiger partial charge in [0.2, 0.25) is 0 Å². The fraction of sp³-hybridized carbons (Fsp3) is 0.650. The molecule has 0 bridgehead atoms. The van der Waals surface area contributed by atoms with Gasteiger partial charge in [-0.05, 0) is 37.2 Å². The first-order chi connectivity index (χ1) is 11.8. The SMILES string of the molecule is CCCCCCN=C(N)NC(CC1CCOCC1)c1ccccc1. The van der Waals surface area contributed by atoms with Crippen molar-refractivity contribution in [3.63, 3.8) is 0 Å². The third-order valence-electron chi connectivity index (χ3n) is 4.73. The van der Waals surface area contributed by atoms with Crippen LogP contribution < -0.4 is 11.1 Å². The van der Waals surface area contributed by atoms with Crippen LogP contribution in [0.25, 0.3) is 0 Å². The molecule has 0 amide bonds. The van der Waals surface area contributed by atoms with Crippen LogP contribution in [-0.4, -0.2) is 25.7 Å². The molecule has 1 atom stereocenters. The summed E-state index contributed by atoms with van der Waals surface area (Å²) >= 11 is 0. The van der Waals surface area contributed by atoms with Gasteiger partial charge in [-0.25, -0.2) is 0 Å². The van der Waals surface area contributed by atoms with Crippen LogP contribution in [0, 0.1) is 5.92 Å². The van der Waals surface area contributed by atoms with E-state index in [1.54, 1.807) is 0 Å². The fourth-order valence-electron chi connectivity index (χ4n) is 3.24. The van der Waals surface area contributed by atoms with Crippen LogP contribution in [0.1, 0.15) is 63.5 Å². The maximum atomic E-state index is 6.15. The summed E-state index contributed by atoms with van der Waals surface area (Å²) in [4.78, 5) is 4.51. The number of guanidine groups is 1. The Morgan fingerprint density at radius 3 is 2.67 bits per heavy atom. The Morgan fingerprint density at radius 2 is 1.96 bits per heavy atom. The second kappa shape index (κ2) is 11.1. The van der Waals surface area contributed by atoms with Gasteiger partial charge in [0.25, 0.3) is 0 Å². The maximum Gasteiger partial charge on any atom is 0.189 e. The van der Waals surface area contributed by atoms with E-state index in [0.29, 0.717) is 11.9 Å². The lowest BCUT2D eigenvalue weighted by Crippen LogP contribution is -2.36. The maximum absolute atomic E-state index is 6.15. The lowest BCUT2D eigenvalue weighted by atomic mass is 9.89. The van der Waals surface area contributed by atoms with Gasteiger partial charge < -0.3 is 15.8 Å². The van der Waals surface area contributed by atoms with Crippen molar-refractivity contribution in [3.05, 3.63) is 35.9 Å². The number of hydrogen-bond acceptors (Lipinski definition) is 2. The average Bonchev–Trinajstić information content (AvgIpc) is 2.62. The van der Waals surface area contributed by atoms with Crippen LogP contribution in [0.5, 0.6) is 0 Å². The van der Waals surface area contributed by atoms with Crippen LogP contribution in [0.3, 0.4) is 0 Å². The minimum absolute atomic E-state index is 0.230. The number of nitrogens with two attached hydrogens (primary N) is 1. The van der Waals surface area contributed by atoms with E-state index in [1.165, 1.54) is 24.8 Å². The zero-order valence-electron chi connectivity index (χ0n) is 15.0. The summed E-state index contributed by atoms with van der Waals surface area (Å²) in [5.41, 5.74) is 7.43. The molecular formula is C20H33N3O. The summed E-state index contributed by atoms with van der Waals surface area (Å²) in [5, 5.41) is 3.46. The van der Waals surface area contributed by atoms with Crippen molar-refractivity contribution in [3.8, 4) is 0 Å². The van der Waals surface area contributed by atoms with Gasteiger partial charge in [0, 0.05) is 19.8 Å². The highest BCUT2D eigenvalue weighted by molar-refractivity contribution is 5.78. The van der Waals surface area contributed by atoms with Gasteiger partial charge in [-0.2, -0.15) is 0 Å². The summed E-state index contributed by atoms with van der Waals surface area (Å²) in [5.74, 6) is 1.27.